The van der Waals surface area contributed by atoms with Gasteiger partial charge in [0.2, 0.25) is 0 Å². The first-order valence-corrected chi connectivity index (χ1v) is 8.45. The smallest absolute Gasteiger partial charge is 0.189 e. The van der Waals surface area contributed by atoms with Crippen molar-refractivity contribution in [2.45, 2.75) is 25.5 Å². The summed E-state index contributed by atoms with van der Waals surface area (Å²) in [7, 11) is 0. The fourth-order valence-electron chi connectivity index (χ4n) is 2.43. The van der Waals surface area contributed by atoms with Gasteiger partial charge in [0.1, 0.15) is 0 Å². The molecule has 0 aliphatic carbocycles. The standard InChI is InChI=1S/C16H20BrN5O/c17-13-3-5-14(6-4-13)22-11-12(9-21-22)8-19-16(18)20-10-15-2-1-7-23-15/h3-6,9,11,15H,1-2,7-8,10H2,(H3,18,19,20). The Hall–Kier alpha value is -1.86. The number of hydrogen-bond donors (Lipinski definition) is 2. The molecule has 2 heterocycles. The van der Waals surface area contributed by atoms with E-state index in [0.717, 1.165) is 35.2 Å². The van der Waals surface area contributed by atoms with Gasteiger partial charge in [-0.3, -0.25) is 0 Å². The Morgan fingerprint density at radius 1 is 1.43 bits per heavy atom. The zero-order valence-electron chi connectivity index (χ0n) is 12.8. The van der Waals surface area contributed by atoms with Crippen LogP contribution in [0.3, 0.4) is 0 Å². The van der Waals surface area contributed by atoms with Crippen LogP contribution in [-0.4, -0.2) is 35.0 Å². The van der Waals surface area contributed by atoms with Gasteiger partial charge in [-0.05, 0) is 37.1 Å². The van der Waals surface area contributed by atoms with E-state index in [1.165, 1.54) is 0 Å². The number of ether oxygens (including phenoxy) is 1. The lowest BCUT2D eigenvalue weighted by atomic mass is 10.2. The minimum atomic E-state index is 0.254. The molecule has 1 saturated heterocycles. The summed E-state index contributed by atoms with van der Waals surface area (Å²) in [6, 6.07) is 7.98. The zero-order valence-corrected chi connectivity index (χ0v) is 14.4. The van der Waals surface area contributed by atoms with E-state index in [4.69, 9.17) is 10.5 Å². The van der Waals surface area contributed by atoms with Gasteiger partial charge in [0, 0.05) is 29.4 Å². The highest BCUT2D eigenvalue weighted by molar-refractivity contribution is 9.10. The molecule has 0 saturated carbocycles. The summed E-state index contributed by atoms with van der Waals surface area (Å²) >= 11 is 3.43. The Labute approximate surface area is 143 Å². The fraction of sp³-hybridized carbons (Fsp3) is 0.375. The second-order valence-corrected chi connectivity index (χ2v) is 6.40. The van der Waals surface area contributed by atoms with Gasteiger partial charge in [0.25, 0.3) is 0 Å². The summed E-state index contributed by atoms with van der Waals surface area (Å²) in [6.07, 6.45) is 6.22. The SMILES string of the molecule is NC(=NCc1cnn(-c2ccc(Br)cc2)c1)NCC1CCCO1. The number of nitrogens with zero attached hydrogens (tertiary/aromatic N) is 3. The normalized spacial score (nSPS) is 18.3. The van der Waals surface area contributed by atoms with Crippen LogP contribution in [0.4, 0.5) is 0 Å². The van der Waals surface area contributed by atoms with Crippen molar-refractivity contribution >= 4 is 21.9 Å². The second kappa shape index (κ2) is 7.61. The van der Waals surface area contributed by atoms with Gasteiger partial charge in [0.05, 0.1) is 24.5 Å². The molecule has 1 atom stereocenters. The average Bonchev–Trinajstić information content (AvgIpc) is 3.23. The first-order chi connectivity index (χ1) is 11.2. The van der Waals surface area contributed by atoms with Crippen LogP contribution in [0.5, 0.6) is 0 Å². The maximum atomic E-state index is 5.89. The van der Waals surface area contributed by atoms with Crippen LogP contribution in [0.1, 0.15) is 18.4 Å². The van der Waals surface area contributed by atoms with Gasteiger partial charge in [0.15, 0.2) is 5.96 Å². The lowest BCUT2D eigenvalue weighted by Gasteiger charge is -2.10. The van der Waals surface area contributed by atoms with Gasteiger partial charge in [-0.25, -0.2) is 9.67 Å². The number of aromatic nitrogens is 2. The molecule has 2 aromatic rings. The molecule has 0 spiro atoms. The van der Waals surface area contributed by atoms with Crippen LogP contribution < -0.4 is 11.1 Å². The van der Waals surface area contributed by atoms with E-state index in [2.05, 4.69) is 31.3 Å². The van der Waals surface area contributed by atoms with E-state index in [0.29, 0.717) is 19.0 Å². The van der Waals surface area contributed by atoms with Crippen molar-refractivity contribution in [3.8, 4) is 5.69 Å². The van der Waals surface area contributed by atoms with E-state index in [1.807, 2.05) is 35.1 Å². The zero-order chi connectivity index (χ0) is 16.1. The number of halogens is 1. The van der Waals surface area contributed by atoms with Gasteiger partial charge >= 0.3 is 0 Å². The van der Waals surface area contributed by atoms with Crippen molar-refractivity contribution < 1.29 is 4.74 Å². The molecular formula is C16H20BrN5O. The van der Waals surface area contributed by atoms with E-state index < -0.39 is 0 Å². The second-order valence-electron chi connectivity index (χ2n) is 5.49. The molecule has 1 aromatic heterocycles. The maximum Gasteiger partial charge on any atom is 0.189 e. The van der Waals surface area contributed by atoms with E-state index in [1.54, 1.807) is 6.20 Å². The Morgan fingerprint density at radius 3 is 3.00 bits per heavy atom. The summed E-state index contributed by atoms with van der Waals surface area (Å²) in [6.45, 7) is 2.06. The topological polar surface area (TPSA) is 77.5 Å². The molecule has 122 valence electrons. The van der Waals surface area contributed by atoms with Crippen LogP contribution in [0.2, 0.25) is 0 Å². The lowest BCUT2D eigenvalue weighted by Crippen LogP contribution is -2.37. The quantitative estimate of drug-likeness (QED) is 0.618. The van der Waals surface area contributed by atoms with Crippen molar-refractivity contribution in [3.63, 3.8) is 0 Å². The third-order valence-electron chi connectivity index (χ3n) is 3.69. The molecule has 7 heteroatoms. The first kappa shape index (κ1) is 16.0. The summed E-state index contributed by atoms with van der Waals surface area (Å²) in [5, 5.41) is 7.46. The molecule has 1 fully saturated rings. The third-order valence-corrected chi connectivity index (χ3v) is 4.22. The number of nitrogens with one attached hydrogen (secondary N) is 1. The van der Waals surface area contributed by atoms with Crippen LogP contribution in [0.15, 0.2) is 46.1 Å². The predicted octanol–water partition coefficient (Wildman–Crippen LogP) is 2.22. The number of benzene rings is 1. The molecule has 0 radical (unpaired) electrons. The molecule has 1 aliphatic rings. The van der Waals surface area contributed by atoms with Crippen molar-refractivity contribution in [1.82, 2.24) is 15.1 Å². The molecule has 1 unspecified atom stereocenters. The van der Waals surface area contributed by atoms with Gasteiger partial charge in [-0.2, -0.15) is 5.10 Å². The van der Waals surface area contributed by atoms with Crippen LogP contribution in [-0.2, 0) is 11.3 Å². The van der Waals surface area contributed by atoms with Gasteiger partial charge in [-0.1, -0.05) is 15.9 Å². The minimum absolute atomic E-state index is 0.254. The largest absolute Gasteiger partial charge is 0.376 e. The number of nitrogens with two attached hydrogens (primary N) is 1. The van der Waals surface area contributed by atoms with Gasteiger partial charge in [-0.15, -0.1) is 0 Å². The first-order valence-electron chi connectivity index (χ1n) is 7.65. The average molecular weight is 378 g/mol. The third kappa shape index (κ3) is 4.56. The van der Waals surface area contributed by atoms with Crippen molar-refractivity contribution in [2.75, 3.05) is 13.2 Å². The van der Waals surface area contributed by atoms with Crippen molar-refractivity contribution in [2.24, 2.45) is 10.7 Å². The van der Waals surface area contributed by atoms with Crippen LogP contribution >= 0.6 is 15.9 Å². The summed E-state index contributed by atoms with van der Waals surface area (Å²) in [5.41, 5.74) is 7.90. The summed E-state index contributed by atoms with van der Waals surface area (Å²) in [4.78, 5) is 4.34. The molecule has 23 heavy (non-hydrogen) atoms. The number of aliphatic imine (C=N–C) groups is 1. The molecule has 6 nitrogen and oxygen atoms in total. The van der Waals surface area contributed by atoms with Gasteiger partial charge < -0.3 is 15.8 Å². The van der Waals surface area contributed by atoms with E-state index in [-0.39, 0.29) is 6.10 Å². The molecule has 1 aromatic carbocycles. The molecular weight excluding hydrogens is 358 g/mol. The Kier molecular flexibility index (Phi) is 5.30. The number of rotatable bonds is 5. The Bertz CT molecular complexity index is 661. The molecule has 3 rings (SSSR count). The van der Waals surface area contributed by atoms with Crippen LogP contribution in [0, 0.1) is 0 Å². The number of guanidine groups is 1. The van der Waals surface area contributed by atoms with E-state index in [9.17, 15) is 0 Å². The molecule has 3 N–H and O–H groups in total. The monoisotopic (exact) mass is 377 g/mol. The molecule has 0 amide bonds. The highest BCUT2D eigenvalue weighted by Crippen LogP contribution is 2.14. The summed E-state index contributed by atoms with van der Waals surface area (Å²) < 4.78 is 8.41. The van der Waals surface area contributed by atoms with Crippen molar-refractivity contribution in [1.29, 1.82) is 0 Å². The van der Waals surface area contributed by atoms with Crippen LogP contribution in [0.25, 0.3) is 5.69 Å². The minimum Gasteiger partial charge on any atom is -0.376 e. The molecule has 0 bridgehead atoms. The number of hydrogen-bond acceptors (Lipinski definition) is 3. The van der Waals surface area contributed by atoms with Crippen molar-refractivity contribution in [3.05, 3.63) is 46.7 Å². The lowest BCUT2D eigenvalue weighted by molar-refractivity contribution is 0.114. The Morgan fingerprint density at radius 2 is 2.26 bits per heavy atom. The highest BCUT2D eigenvalue weighted by atomic mass is 79.9. The summed E-state index contributed by atoms with van der Waals surface area (Å²) in [5.74, 6) is 0.442. The fourth-order valence-corrected chi connectivity index (χ4v) is 2.70. The highest BCUT2D eigenvalue weighted by Gasteiger charge is 2.14. The maximum absolute atomic E-state index is 5.89. The van der Waals surface area contributed by atoms with E-state index >= 15 is 0 Å². The predicted molar refractivity (Wildman–Crippen MR) is 93.6 cm³/mol. The molecule has 1 aliphatic heterocycles. The Balaban J connectivity index is 1.53.